The van der Waals surface area contributed by atoms with E-state index < -0.39 is 0 Å². The van der Waals surface area contributed by atoms with Crippen molar-refractivity contribution in [1.82, 2.24) is 0 Å². The van der Waals surface area contributed by atoms with Crippen LogP contribution in [0.2, 0.25) is 0 Å². The molecule has 0 nitrogen and oxygen atoms in total. The second-order valence-electron chi connectivity index (χ2n) is 1.59. The number of hydrogen-bond acceptors (Lipinski definition) is 2. The minimum absolute atomic E-state index is 1.69. The monoisotopic (exact) mass is 172 g/mol. The van der Waals surface area contributed by atoms with Crippen molar-refractivity contribution in [2.45, 2.75) is 0 Å². The zero-order valence-electron chi connectivity index (χ0n) is 6.28. The van der Waals surface area contributed by atoms with Crippen molar-refractivity contribution in [1.29, 1.82) is 0 Å². The van der Waals surface area contributed by atoms with Gasteiger partial charge in [-0.1, -0.05) is 24.3 Å². The van der Waals surface area contributed by atoms with Gasteiger partial charge in [-0.15, -0.1) is 11.8 Å². The first kappa shape index (κ1) is 9.92. The fourth-order valence-corrected chi connectivity index (χ4v) is 0.809. The molecule has 0 N–H and O–H groups in total. The second kappa shape index (κ2) is 8.92. The number of hydrogen-bond donors (Lipinski definition) is 0. The van der Waals surface area contributed by atoms with E-state index in [1.54, 1.807) is 23.5 Å². The van der Waals surface area contributed by atoms with Crippen LogP contribution in [-0.2, 0) is 0 Å². The van der Waals surface area contributed by atoms with Crippen LogP contribution in [0.5, 0.6) is 0 Å². The summed E-state index contributed by atoms with van der Waals surface area (Å²) in [6.07, 6.45) is 12.1. The third-order valence-electron chi connectivity index (χ3n) is 0.648. The van der Waals surface area contributed by atoms with Crippen LogP contribution in [0.4, 0.5) is 0 Å². The van der Waals surface area contributed by atoms with Gasteiger partial charge < -0.3 is 0 Å². The van der Waals surface area contributed by atoms with E-state index >= 15 is 0 Å². The van der Waals surface area contributed by atoms with Gasteiger partial charge in [0.2, 0.25) is 0 Å². The van der Waals surface area contributed by atoms with E-state index in [9.17, 15) is 0 Å². The Hall–Kier alpha value is -0.0800. The predicted molar refractivity (Wildman–Crippen MR) is 54.5 cm³/mol. The summed E-state index contributed by atoms with van der Waals surface area (Å²) in [4.78, 5) is 0. The Bertz CT molecular complexity index is 120. The Balaban J connectivity index is 0.000000236. The Morgan fingerprint density at radius 1 is 0.900 bits per heavy atom. The van der Waals surface area contributed by atoms with Gasteiger partial charge in [-0.2, -0.15) is 11.8 Å². The van der Waals surface area contributed by atoms with E-state index in [4.69, 9.17) is 0 Å². The molecular formula is C8H12S2. The highest BCUT2D eigenvalue weighted by atomic mass is 32.2. The van der Waals surface area contributed by atoms with Gasteiger partial charge in [-0.05, 0) is 23.3 Å². The maximum atomic E-state index is 2.04. The molecule has 0 aromatic heterocycles. The summed E-state index contributed by atoms with van der Waals surface area (Å²) in [5.74, 6) is 0. The van der Waals surface area contributed by atoms with Gasteiger partial charge in [0.1, 0.15) is 0 Å². The molecule has 0 amide bonds. The Morgan fingerprint density at radius 2 is 1.30 bits per heavy atom. The van der Waals surface area contributed by atoms with Gasteiger partial charge in [-0.3, -0.25) is 0 Å². The van der Waals surface area contributed by atoms with Gasteiger partial charge in [0.15, 0.2) is 0 Å². The standard InChI is InChI=1S/C6H6S.C2H6S/c1-2-4-6-7-5-3-1;1-3-2/h1-6H;1-2H3. The lowest BCUT2D eigenvalue weighted by atomic mass is 10.5. The van der Waals surface area contributed by atoms with Crippen LogP contribution in [-0.4, -0.2) is 12.5 Å². The minimum atomic E-state index is 1.69. The topological polar surface area (TPSA) is 0 Å². The third-order valence-corrected chi connectivity index (χ3v) is 1.28. The summed E-state index contributed by atoms with van der Waals surface area (Å²) < 4.78 is 0. The SMILES string of the molecule is C1=CC=CSC=C1.CSC. The highest BCUT2D eigenvalue weighted by Crippen LogP contribution is 2.06. The fourth-order valence-electron chi connectivity index (χ4n) is 0.355. The van der Waals surface area contributed by atoms with E-state index in [1.807, 2.05) is 47.6 Å². The second-order valence-corrected chi connectivity index (χ2v) is 3.22. The molecule has 0 atom stereocenters. The number of thioether (sulfide) groups is 2. The first-order valence-electron chi connectivity index (χ1n) is 2.95. The van der Waals surface area contributed by atoms with Crippen LogP contribution in [0.3, 0.4) is 0 Å². The van der Waals surface area contributed by atoms with Gasteiger partial charge >= 0.3 is 0 Å². The summed E-state index contributed by atoms with van der Waals surface area (Å²) >= 11 is 3.44. The predicted octanol–water partition coefficient (Wildman–Crippen LogP) is 3.30. The van der Waals surface area contributed by atoms with E-state index in [-0.39, 0.29) is 0 Å². The van der Waals surface area contributed by atoms with Crippen molar-refractivity contribution in [3.05, 3.63) is 35.1 Å². The molecule has 0 saturated carbocycles. The molecule has 1 aliphatic rings. The molecule has 1 rings (SSSR count). The molecule has 0 spiro atoms. The smallest absolute Gasteiger partial charge is 0.0187 e. The minimum Gasteiger partial charge on any atom is -0.169 e. The van der Waals surface area contributed by atoms with Crippen molar-refractivity contribution >= 4 is 23.5 Å². The average molecular weight is 172 g/mol. The van der Waals surface area contributed by atoms with Crippen LogP contribution in [0, 0.1) is 0 Å². The quantitative estimate of drug-likeness (QED) is 0.550. The fraction of sp³-hybridized carbons (Fsp3) is 0.250. The van der Waals surface area contributed by atoms with Crippen LogP contribution in [0.1, 0.15) is 0 Å². The Labute approximate surface area is 71.5 Å². The molecular weight excluding hydrogens is 160 g/mol. The average Bonchev–Trinajstić information content (AvgIpc) is 2.17. The lowest BCUT2D eigenvalue weighted by Crippen LogP contribution is -1.38. The summed E-state index contributed by atoms with van der Waals surface area (Å²) in [5, 5.41) is 4.08. The van der Waals surface area contributed by atoms with Crippen LogP contribution >= 0.6 is 23.5 Å². The van der Waals surface area contributed by atoms with Crippen LogP contribution < -0.4 is 0 Å². The number of allylic oxidation sites excluding steroid dienone is 4. The summed E-state index contributed by atoms with van der Waals surface area (Å²) in [7, 11) is 0. The molecule has 0 radical (unpaired) electrons. The maximum Gasteiger partial charge on any atom is -0.0187 e. The zero-order chi connectivity index (χ0) is 7.66. The highest BCUT2D eigenvalue weighted by molar-refractivity contribution is 8.04. The van der Waals surface area contributed by atoms with Crippen molar-refractivity contribution < 1.29 is 0 Å². The number of rotatable bonds is 0. The van der Waals surface area contributed by atoms with Crippen molar-refractivity contribution in [3.8, 4) is 0 Å². The Morgan fingerprint density at radius 3 is 1.70 bits per heavy atom. The van der Waals surface area contributed by atoms with Gasteiger partial charge in [0.05, 0.1) is 0 Å². The lowest BCUT2D eigenvalue weighted by molar-refractivity contribution is 1.98. The van der Waals surface area contributed by atoms with E-state index in [0.29, 0.717) is 0 Å². The summed E-state index contributed by atoms with van der Waals surface area (Å²) in [5.41, 5.74) is 0. The molecule has 0 aromatic carbocycles. The molecule has 0 saturated heterocycles. The van der Waals surface area contributed by atoms with Crippen molar-refractivity contribution in [2.75, 3.05) is 12.5 Å². The summed E-state index contributed by atoms with van der Waals surface area (Å²) in [6, 6.07) is 0. The molecule has 10 heavy (non-hydrogen) atoms. The molecule has 0 fully saturated rings. The molecule has 0 unspecified atom stereocenters. The van der Waals surface area contributed by atoms with E-state index in [2.05, 4.69) is 0 Å². The van der Waals surface area contributed by atoms with Crippen molar-refractivity contribution in [3.63, 3.8) is 0 Å². The third kappa shape index (κ3) is 7.92. The molecule has 2 heteroatoms. The van der Waals surface area contributed by atoms with Crippen LogP contribution in [0.25, 0.3) is 0 Å². The van der Waals surface area contributed by atoms with Crippen LogP contribution in [0.15, 0.2) is 35.1 Å². The van der Waals surface area contributed by atoms with Gasteiger partial charge in [0.25, 0.3) is 0 Å². The van der Waals surface area contributed by atoms with Gasteiger partial charge in [-0.25, -0.2) is 0 Å². The summed E-state index contributed by atoms with van der Waals surface area (Å²) in [6.45, 7) is 0. The molecule has 1 aliphatic heterocycles. The zero-order valence-corrected chi connectivity index (χ0v) is 7.91. The molecule has 0 aliphatic carbocycles. The molecule has 1 heterocycles. The molecule has 0 aromatic rings. The first-order valence-corrected chi connectivity index (χ1v) is 5.53. The van der Waals surface area contributed by atoms with E-state index in [1.165, 1.54) is 0 Å². The largest absolute Gasteiger partial charge is 0.169 e. The van der Waals surface area contributed by atoms with Gasteiger partial charge in [0, 0.05) is 0 Å². The molecule has 0 bridgehead atoms. The Kier molecular flexibility index (Phi) is 8.85. The molecule has 56 valence electrons. The maximum absolute atomic E-state index is 2.04. The highest BCUT2D eigenvalue weighted by Gasteiger charge is 1.70. The lowest BCUT2D eigenvalue weighted by Gasteiger charge is -1.69. The van der Waals surface area contributed by atoms with E-state index in [0.717, 1.165) is 0 Å². The normalized spacial score (nSPS) is 13.8. The first-order chi connectivity index (χ1) is 4.91. The van der Waals surface area contributed by atoms with Crippen molar-refractivity contribution in [2.24, 2.45) is 0 Å².